The Bertz CT molecular complexity index is 4910. The average molecular weight is 2440 g/mol. The van der Waals surface area contributed by atoms with Crippen LogP contribution in [-0.2, 0) is 80.8 Å². The molecule has 4 aromatic carbocycles. The van der Waals surface area contributed by atoms with Gasteiger partial charge in [-0.3, -0.25) is 32.9 Å². The van der Waals surface area contributed by atoms with E-state index in [2.05, 4.69) is 126 Å². The standard InChI is InChI=1S/C12H9N4.C11H9N5.2C11H8N5.3C11H8N.C5H8O2.2CN.2ClH.F6P.4Ir/c1-4-11(15-8-2-6-13-15)10-12(5-1)16-9-3-7-14-16;1-4-10(15-8-2-6-12-15)14-11(5-1)16-9-3-7-13-16;2*1-3-13-15(5-1)10-7-11(9-12-8-10)16-6-2-4-14-16;3*1-2-6-10(7-3-1)11-8-4-5-9-12-11;1-4(6)3-5(2)7;2*1-2;;;1-7(2,3,4,5)6;;;;/h2*1-9H;2*1-6,8-9H;3*1-6,8-9H;3,6H,1-2H3;;;2*1H;;;;;/q-1;;5*-1;;2*-1;;;-1;;3*+3/p-2. The van der Waals surface area contributed by atoms with Gasteiger partial charge in [0.2, 0.25) is 0 Å². The number of ketones is 1. The Kier molecular flexibility index (Phi) is 46.3. The van der Waals surface area contributed by atoms with Gasteiger partial charge in [-0.15, -0.1) is 138 Å². The zero-order chi connectivity index (χ0) is 88.1. The molecule has 0 aliphatic rings. The van der Waals surface area contributed by atoms with Gasteiger partial charge in [0.25, 0.3) is 0 Å². The van der Waals surface area contributed by atoms with E-state index in [0.717, 1.165) is 79.5 Å². The van der Waals surface area contributed by atoms with Gasteiger partial charge in [0.1, 0.15) is 0 Å². The SMILES string of the molecule is CC(=O)C=C(C)O.F[P-](F)(F)(F)(F)F.[C-]#N.[C-]#N.[Cl][Ir+2].[Cl][Ir+2].[Ir+3].[Ir].[c-]1c(-n2cccn2)cccc1-n1cccn1.[c-]1c(-n2cccn2)cncc1-n1cccn1.[c-]1c(-n2cccn2)cncc1-n1cccn1.[c-]1ccccc1-c1ccccn1.[c-]1ccccc1-c1ccccn1.[c-]1ccccc1-c1ccccn1.c1cc(-n2cccn2)nc(-n2cccn2)c1. The van der Waals surface area contributed by atoms with Gasteiger partial charge in [0, 0.05) is 144 Å². The third-order valence-corrected chi connectivity index (χ3v) is 14.1. The predicted molar refractivity (Wildman–Crippen MR) is 440 cm³/mol. The number of aliphatic hydroxyl groups is 1. The maximum absolute atomic E-state index is 10.7. The Hall–Kier alpha value is -13.2. The van der Waals surface area contributed by atoms with Crippen molar-refractivity contribution in [2.24, 2.45) is 0 Å². The summed E-state index contributed by atoms with van der Waals surface area (Å²) in [6.07, 6.45) is 42.0. The average Bonchev–Trinajstić information content (AvgIpc) is 0.903. The first-order valence-electron chi connectivity index (χ1n) is 34.7. The van der Waals surface area contributed by atoms with Crippen molar-refractivity contribution < 1.29 is 111 Å². The Labute approximate surface area is 765 Å². The van der Waals surface area contributed by atoms with Crippen molar-refractivity contribution in [2.45, 2.75) is 13.8 Å². The molecule has 0 aliphatic heterocycles. The fourth-order valence-corrected chi connectivity index (χ4v) is 9.39. The molecule has 0 atom stereocenters. The van der Waals surface area contributed by atoms with Crippen LogP contribution in [0.3, 0.4) is 0 Å². The van der Waals surface area contributed by atoms with Gasteiger partial charge >= 0.3 is 108 Å². The van der Waals surface area contributed by atoms with Crippen molar-refractivity contribution in [3.8, 4) is 79.5 Å². The Morgan fingerprint density at radius 2 is 0.605 bits per heavy atom. The second kappa shape index (κ2) is 55.7. The molecular weight excluding hydrogens is 2370 g/mol. The molecule has 0 fully saturated rings. The molecule has 1 N–H and O–H groups in total. The summed E-state index contributed by atoms with van der Waals surface area (Å²) in [6, 6.07) is 86.6. The number of hydrogen-bond acceptors (Lipinski definition) is 18. The van der Waals surface area contributed by atoms with Crippen LogP contribution in [0.5, 0.6) is 0 Å². The minimum Gasteiger partial charge on any atom is -0.387 e. The zero-order valence-electron chi connectivity index (χ0n) is 64.5. The quantitative estimate of drug-likeness (QED) is 0.0390. The van der Waals surface area contributed by atoms with Crippen LogP contribution in [0, 0.1) is 60.1 Å². The minimum atomic E-state index is -10.7. The normalized spacial score (nSPS) is 10.3. The number of rotatable bonds is 12. The smallest absolute Gasteiger partial charge is 0.387 e. The van der Waals surface area contributed by atoms with E-state index in [0.29, 0.717) is 0 Å². The molecule has 0 spiro atoms. The van der Waals surface area contributed by atoms with E-state index in [1.54, 1.807) is 130 Å². The van der Waals surface area contributed by atoms with Gasteiger partial charge in [-0.25, -0.2) is 14.3 Å². The van der Waals surface area contributed by atoms with Crippen LogP contribution in [0.1, 0.15) is 13.8 Å². The van der Waals surface area contributed by atoms with Gasteiger partial charge < -0.3 is 53.7 Å². The number of allylic oxidation sites excluding steroid dienone is 2. The van der Waals surface area contributed by atoms with Crippen molar-refractivity contribution in [3.05, 3.63) is 416 Å². The van der Waals surface area contributed by atoms with Crippen molar-refractivity contribution in [3.63, 3.8) is 0 Å². The van der Waals surface area contributed by atoms with E-state index >= 15 is 0 Å². The predicted octanol–water partition coefficient (Wildman–Crippen LogP) is 19.4. The van der Waals surface area contributed by atoms with Gasteiger partial charge in [0.05, 0.1) is 5.76 Å². The van der Waals surface area contributed by atoms with Crippen molar-refractivity contribution >= 4 is 32.8 Å². The summed E-state index contributed by atoms with van der Waals surface area (Å²) in [6.45, 7) is 12.3. The van der Waals surface area contributed by atoms with E-state index in [9.17, 15) is 30.0 Å². The van der Waals surface area contributed by atoms with Crippen molar-refractivity contribution in [1.29, 1.82) is 10.5 Å². The molecule has 0 saturated carbocycles. The molecule has 18 aromatic rings. The minimum absolute atomic E-state index is 0. The zero-order valence-corrected chi connectivity index (χ0v) is 76.4. The summed E-state index contributed by atoms with van der Waals surface area (Å²) < 4.78 is 73.0. The molecule has 124 heavy (non-hydrogen) atoms. The van der Waals surface area contributed by atoms with Gasteiger partial charge in [0.15, 0.2) is 17.4 Å². The fourth-order valence-electron chi connectivity index (χ4n) is 9.39. The third-order valence-electron chi connectivity index (χ3n) is 14.1. The largest absolute Gasteiger partial charge is 3.00 e. The van der Waals surface area contributed by atoms with E-state index in [1.807, 2.05) is 262 Å². The van der Waals surface area contributed by atoms with E-state index in [-0.39, 0.29) is 51.8 Å². The van der Waals surface area contributed by atoms with Crippen LogP contribution in [0.4, 0.5) is 25.2 Å². The van der Waals surface area contributed by atoms with Crippen LogP contribution in [0.25, 0.3) is 79.5 Å². The van der Waals surface area contributed by atoms with Crippen molar-refractivity contribution in [1.82, 2.24) is 108 Å². The second-order valence-electron chi connectivity index (χ2n) is 22.8. The molecule has 0 aliphatic carbocycles. The molecule has 18 rings (SSSR count). The van der Waals surface area contributed by atoms with E-state index in [4.69, 9.17) is 28.8 Å². The maximum Gasteiger partial charge on any atom is 3.00 e. The van der Waals surface area contributed by atoms with Crippen LogP contribution in [0.2, 0.25) is 0 Å². The monoisotopic (exact) mass is 2440 g/mol. The first kappa shape index (κ1) is 103. The van der Waals surface area contributed by atoms with Crippen LogP contribution in [0.15, 0.2) is 367 Å². The molecule has 1 radical (unpaired) electrons. The Morgan fingerprint density at radius 3 is 0.815 bits per heavy atom. The summed E-state index contributed by atoms with van der Waals surface area (Å²) >= 11 is 2.94. The van der Waals surface area contributed by atoms with Gasteiger partial charge in [-0.1, -0.05) is 67.3 Å². The van der Waals surface area contributed by atoms with Crippen molar-refractivity contribution in [2.75, 3.05) is 0 Å². The van der Waals surface area contributed by atoms with Gasteiger partial charge in [-0.05, 0) is 144 Å². The summed E-state index contributed by atoms with van der Waals surface area (Å²) in [5.74, 6) is 1.49. The molecule has 0 unspecified atom stereocenters. The number of aromatic nitrogens is 22. The Balaban J connectivity index is 0.000000292. The maximum atomic E-state index is 10.0. The molecule has 0 bridgehead atoms. The topological polar surface area (TPSA) is 305 Å². The number of benzene rings is 4. The second-order valence-corrected chi connectivity index (χ2v) is 24.7. The number of hydrogen-bond donors (Lipinski definition) is 1. The molecule has 39 heteroatoms. The Morgan fingerprint density at radius 1 is 0.363 bits per heavy atom. The summed E-state index contributed by atoms with van der Waals surface area (Å²) in [7, 11) is -1.38. The molecule has 0 amide bonds. The number of nitrogens with zero attached hydrogens (tertiary/aromatic N) is 24. The first-order valence-corrected chi connectivity index (χ1v) is 42.7. The number of carbonyl (C=O) groups is 1. The molecule has 14 aromatic heterocycles. The van der Waals surface area contributed by atoms with Crippen LogP contribution in [-0.4, -0.2) is 119 Å². The summed E-state index contributed by atoms with van der Waals surface area (Å²) in [5, 5.41) is 54.0. The molecule has 637 valence electrons. The summed E-state index contributed by atoms with van der Waals surface area (Å²) in [5.41, 5.74) is 11.0. The first-order chi connectivity index (χ1) is 59.2. The number of carbonyl (C=O) groups excluding carboxylic acids is 1. The van der Waals surface area contributed by atoms with Gasteiger partial charge in [-0.2, -0.15) is 46.9 Å². The number of halogens is 8. The van der Waals surface area contributed by atoms with E-state index < -0.39 is 7.81 Å². The van der Waals surface area contributed by atoms with Crippen LogP contribution >= 0.6 is 27.0 Å². The fraction of sp³-hybridized carbons (Fsp3) is 0.0235. The molecule has 0 saturated heterocycles. The summed E-state index contributed by atoms with van der Waals surface area (Å²) in [4.78, 5) is 35.4. The number of aliphatic hydroxyl groups excluding tert-OH is 1. The van der Waals surface area contributed by atoms with E-state index in [1.165, 1.54) is 55.7 Å². The molecular formula is C85H66Cl2F6Ir4N24O2P-2. The third kappa shape index (κ3) is 39.6. The number of pyridine rings is 6. The molecule has 26 nitrogen and oxygen atoms in total. The van der Waals surface area contributed by atoms with Crippen LogP contribution < -0.4 is 0 Å². The molecule has 14 heterocycles.